The molecule has 1 amide bonds. The molecule has 0 saturated carbocycles. The number of carbonyl (C=O) groups excluding carboxylic acids is 1. The summed E-state index contributed by atoms with van der Waals surface area (Å²) >= 11 is 1.36. The Bertz CT molecular complexity index is 961. The van der Waals surface area contributed by atoms with Gasteiger partial charge in [0.2, 0.25) is 0 Å². The molecule has 0 aliphatic carbocycles. The summed E-state index contributed by atoms with van der Waals surface area (Å²) in [7, 11) is 0. The summed E-state index contributed by atoms with van der Waals surface area (Å²) in [5.41, 5.74) is 0.422. The Hall–Kier alpha value is -2.33. The Morgan fingerprint density at radius 2 is 2.22 bits per heavy atom. The van der Waals surface area contributed by atoms with E-state index in [0.717, 1.165) is 9.44 Å². The highest BCUT2D eigenvalue weighted by Crippen LogP contribution is 2.31. The Balaban J connectivity index is 1.62. The minimum atomic E-state index is -4.43. The van der Waals surface area contributed by atoms with Gasteiger partial charge in [-0.05, 0) is 25.1 Å². The van der Waals surface area contributed by atoms with Gasteiger partial charge in [-0.1, -0.05) is 0 Å². The smallest absolute Gasteiger partial charge is 0.377 e. The third-order valence-electron chi connectivity index (χ3n) is 4.51. The molecule has 2 atom stereocenters. The Morgan fingerprint density at radius 1 is 1.41 bits per heavy atom. The molecule has 144 valence electrons. The molecule has 0 unspecified atom stereocenters. The summed E-state index contributed by atoms with van der Waals surface area (Å²) in [5.74, 6) is -0.548. The van der Waals surface area contributed by atoms with E-state index in [9.17, 15) is 18.0 Å². The van der Waals surface area contributed by atoms with Crippen molar-refractivity contribution < 1.29 is 22.7 Å². The standard InChI is InChI=1S/C17H17F3N4O2S/c1-10-5-12-15(27-10)6-13(23(12)9-17(18,19)20)16(25)22-11-7-26-8-14(11)24-4-2-3-21-24/h2-6,11,14H,7-9H2,1H3,(H,22,25)/t11-,14+/m1/s1. The van der Waals surface area contributed by atoms with Gasteiger partial charge in [-0.2, -0.15) is 18.3 Å². The molecule has 0 aromatic carbocycles. The number of fused-ring (bicyclic) bond motifs is 1. The molecule has 3 aromatic rings. The molecule has 0 radical (unpaired) electrons. The van der Waals surface area contributed by atoms with Crippen molar-refractivity contribution in [3.63, 3.8) is 0 Å². The highest BCUT2D eigenvalue weighted by atomic mass is 32.1. The van der Waals surface area contributed by atoms with E-state index in [1.165, 1.54) is 17.4 Å². The third kappa shape index (κ3) is 3.59. The lowest BCUT2D eigenvalue weighted by molar-refractivity contribution is -0.140. The van der Waals surface area contributed by atoms with Crippen molar-refractivity contribution in [1.82, 2.24) is 19.7 Å². The van der Waals surface area contributed by atoms with Crippen LogP contribution in [0.3, 0.4) is 0 Å². The van der Waals surface area contributed by atoms with Crippen LogP contribution in [0.5, 0.6) is 0 Å². The Morgan fingerprint density at radius 3 is 2.93 bits per heavy atom. The van der Waals surface area contributed by atoms with Gasteiger partial charge >= 0.3 is 6.18 Å². The summed E-state index contributed by atoms with van der Waals surface area (Å²) in [6, 6.07) is 4.40. The molecular formula is C17H17F3N4O2S. The van der Waals surface area contributed by atoms with Crippen molar-refractivity contribution in [2.75, 3.05) is 13.2 Å². The molecule has 3 aromatic heterocycles. The lowest BCUT2D eigenvalue weighted by Gasteiger charge is -2.20. The number of halogens is 3. The molecule has 1 saturated heterocycles. The number of nitrogens with one attached hydrogen (secondary N) is 1. The van der Waals surface area contributed by atoms with E-state index >= 15 is 0 Å². The number of alkyl halides is 3. The molecule has 0 bridgehead atoms. The predicted molar refractivity (Wildman–Crippen MR) is 93.9 cm³/mol. The summed E-state index contributed by atoms with van der Waals surface area (Å²) < 4.78 is 48.0. The van der Waals surface area contributed by atoms with E-state index < -0.39 is 18.6 Å². The van der Waals surface area contributed by atoms with Crippen molar-refractivity contribution in [3.05, 3.63) is 41.2 Å². The van der Waals surface area contributed by atoms with Crippen LogP contribution in [0.2, 0.25) is 0 Å². The van der Waals surface area contributed by atoms with Crippen LogP contribution in [0.1, 0.15) is 21.4 Å². The highest BCUT2D eigenvalue weighted by Gasteiger charge is 2.34. The first-order valence-electron chi connectivity index (χ1n) is 8.36. The average Bonchev–Trinajstić information content (AvgIpc) is 3.31. The maximum absolute atomic E-state index is 13.1. The molecule has 10 heteroatoms. The molecule has 1 N–H and O–H groups in total. The summed E-state index contributed by atoms with van der Waals surface area (Å²) in [5, 5.41) is 6.98. The SMILES string of the molecule is Cc1cc2c(cc(C(=O)N[C@@H]3COC[C@@H]3n3cccn3)n2CC(F)(F)F)s1. The van der Waals surface area contributed by atoms with E-state index in [1.54, 1.807) is 29.2 Å². The zero-order valence-corrected chi connectivity index (χ0v) is 15.2. The number of amides is 1. The minimum absolute atomic E-state index is 0.000287. The van der Waals surface area contributed by atoms with Gasteiger partial charge in [0.25, 0.3) is 5.91 Å². The van der Waals surface area contributed by atoms with E-state index in [-0.39, 0.29) is 24.4 Å². The van der Waals surface area contributed by atoms with Crippen LogP contribution < -0.4 is 5.32 Å². The van der Waals surface area contributed by atoms with E-state index in [1.807, 2.05) is 6.92 Å². The first-order valence-corrected chi connectivity index (χ1v) is 9.17. The zero-order valence-electron chi connectivity index (χ0n) is 14.4. The van der Waals surface area contributed by atoms with Gasteiger partial charge in [0, 0.05) is 17.3 Å². The molecule has 1 aliphatic heterocycles. The zero-order chi connectivity index (χ0) is 19.2. The molecular weight excluding hydrogens is 381 g/mol. The Kier molecular flexibility index (Phi) is 4.47. The number of aryl methyl sites for hydroxylation is 1. The van der Waals surface area contributed by atoms with Gasteiger partial charge in [0.1, 0.15) is 12.2 Å². The number of thiophene rings is 1. The van der Waals surface area contributed by atoms with Crippen molar-refractivity contribution in [2.45, 2.75) is 31.7 Å². The second-order valence-electron chi connectivity index (χ2n) is 6.51. The van der Waals surface area contributed by atoms with Crippen molar-refractivity contribution in [1.29, 1.82) is 0 Å². The second kappa shape index (κ2) is 6.68. The lowest BCUT2D eigenvalue weighted by Crippen LogP contribution is -2.42. The monoisotopic (exact) mass is 398 g/mol. The van der Waals surface area contributed by atoms with E-state index in [2.05, 4.69) is 10.4 Å². The number of hydrogen-bond acceptors (Lipinski definition) is 4. The van der Waals surface area contributed by atoms with Gasteiger partial charge in [-0.15, -0.1) is 11.3 Å². The van der Waals surface area contributed by atoms with Gasteiger partial charge in [0.05, 0.1) is 35.5 Å². The van der Waals surface area contributed by atoms with E-state index in [4.69, 9.17) is 4.74 Å². The van der Waals surface area contributed by atoms with Crippen LogP contribution in [0.15, 0.2) is 30.6 Å². The molecule has 0 spiro atoms. The molecule has 27 heavy (non-hydrogen) atoms. The highest BCUT2D eigenvalue weighted by molar-refractivity contribution is 7.19. The van der Waals surface area contributed by atoms with Gasteiger partial charge < -0.3 is 14.6 Å². The van der Waals surface area contributed by atoms with Crippen molar-refractivity contribution in [2.24, 2.45) is 0 Å². The van der Waals surface area contributed by atoms with Crippen LogP contribution in [0, 0.1) is 6.92 Å². The summed E-state index contributed by atoms with van der Waals surface area (Å²) in [6.45, 7) is 1.28. The number of hydrogen-bond donors (Lipinski definition) is 1. The van der Waals surface area contributed by atoms with Crippen LogP contribution in [0.25, 0.3) is 10.2 Å². The Labute approximate surface area is 156 Å². The van der Waals surface area contributed by atoms with Crippen LogP contribution in [-0.2, 0) is 11.3 Å². The molecule has 6 nitrogen and oxygen atoms in total. The van der Waals surface area contributed by atoms with Crippen LogP contribution in [-0.4, -0.2) is 45.7 Å². The molecule has 1 fully saturated rings. The number of carbonyl (C=O) groups is 1. The van der Waals surface area contributed by atoms with Crippen LogP contribution in [0.4, 0.5) is 13.2 Å². The number of rotatable bonds is 4. The quantitative estimate of drug-likeness (QED) is 0.735. The maximum atomic E-state index is 13.1. The van der Waals surface area contributed by atoms with Crippen LogP contribution >= 0.6 is 11.3 Å². The fourth-order valence-corrected chi connectivity index (χ4v) is 4.33. The lowest BCUT2D eigenvalue weighted by atomic mass is 10.1. The summed E-state index contributed by atoms with van der Waals surface area (Å²) in [6.07, 6.45) is -1.03. The molecule has 1 aliphatic rings. The number of ether oxygens (including phenoxy) is 1. The molecule has 4 rings (SSSR count). The largest absolute Gasteiger partial charge is 0.406 e. The molecule has 4 heterocycles. The van der Waals surface area contributed by atoms with Gasteiger partial charge in [-0.3, -0.25) is 9.48 Å². The third-order valence-corrected chi connectivity index (χ3v) is 5.50. The van der Waals surface area contributed by atoms with Crippen molar-refractivity contribution in [3.8, 4) is 0 Å². The second-order valence-corrected chi connectivity index (χ2v) is 7.80. The van der Waals surface area contributed by atoms with E-state index in [0.29, 0.717) is 16.8 Å². The maximum Gasteiger partial charge on any atom is 0.406 e. The first-order chi connectivity index (χ1) is 12.8. The minimum Gasteiger partial charge on any atom is -0.377 e. The topological polar surface area (TPSA) is 61.1 Å². The normalized spacial score (nSPS) is 20.4. The predicted octanol–water partition coefficient (Wildman–Crippen LogP) is 3.14. The summed E-state index contributed by atoms with van der Waals surface area (Å²) in [4.78, 5) is 13.7. The number of aromatic nitrogens is 3. The fraction of sp³-hybridized carbons (Fsp3) is 0.412. The number of nitrogens with zero attached hydrogens (tertiary/aromatic N) is 3. The fourth-order valence-electron chi connectivity index (χ4n) is 3.36. The average molecular weight is 398 g/mol. The first kappa shape index (κ1) is 18.1. The van der Waals surface area contributed by atoms with Crippen molar-refractivity contribution >= 4 is 27.5 Å². The van der Waals surface area contributed by atoms with Gasteiger partial charge in [0.15, 0.2) is 0 Å². The van der Waals surface area contributed by atoms with Gasteiger partial charge in [-0.25, -0.2) is 0 Å².